The minimum Gasteiger partial charge on any atom is -0.478 e. The Kier molecular flexibility index (Phi) is 4.85. The van der Waals surface area contributed by atoms with Crippen LogP contribution in [0.25, 0.3) is 0 Å². The molecule has 1 rings (SSSR count). The van der Waals surface area contributed by atoms with E-state index >= 15 is 0 Å². The summed E-state index contributed by atoms with van der Waals surface area (Å²) in [5.74, 6) is -1.38. The van der Waals surface area contributed by atoms with Gasteiger partial charge in [-0.15, -0.1) is 0 Å². The van der Waals surface area contributed by atoms with E-state index in [-0.39, 0.29) is 18.2 Å². The molecular weight excluding hydrogens is 232 g/mol. The van der Waals surface area contributed by atoms with Crippen molar-refractivity contribution >= 4 is 11.9 Å². The SMILES string of the molecule is CC(C)N(CC(N)=O)Cc1ccccc1C(=O)O. The lowest BCUT2D eigenvalue weighted by atomic mass is 10.1. The maximum atomic E-state index is 11.1. The summed E-state index contributed by atoms with van der Waals surface area (Å²) in [5, 5.41) is 9.09. The van der Waals surface area contributed by atoms with Crippen molar-refractivity contribution in [3.63, 3.8) is 0 Å². The normalized spacial score (nSPS) is 10.9. The molecule has 0 fully saturated rings. The van der Waals surface area contributed by atoms with Gasteiger partial charge in [-0.05, 0) is 25.5 Å². The van der Waals surface area contributed by atoms with Crippen molar-refractivity contribution < 1.29 is 14.7 Å². The monoisotopic (exact) mass is 250 g/mol. The molecule has 98 valence electrons. The molecule has 0 saturated heterocycles. The van der Waals surface area contributed by atoms with Gasteiger partial charge in [0.15, 0.2) is 0 Å². The Bertz CT molecular complexity index is 444. The number of nitrogens with two attached hydrogens (primary N) is 1. The molecule has 0 spiro atoms. The predicted octanol–water partition coefficient (Wildman–Crippen LogP) is 1.08. The summed E-state index contributed by atoms with van der Waals surface area (Å²) in [6, 6.07) is 6.88. The Morgan fingerprint density at radius 3 is 2.44 bits per heavy atom. The van der Waals surface area contributed by atoms with E-state index in [2.05, 4.69) is 0 Å². The number of hydrogen-bond donors (Lipinski definition) is 2. The van der Waals surface area contributed by atoms with Crippen molar-refractivity contribution in [2.45, 2.75) is 26.4 Å². The molecule has 5 nitrogen and oxygen atoms in total. The highest BCUT2D eigenvalue weighted by atomic mass is 16.4. The Hall–Kier alpha value is -1.88. The molecule has 18 heavy (non-hydrogen) atoms. The van der Waals surface area contributed by atoms with Crippen LogP contribution in [0.1, 0.15) is 29.8 Å². The lowest BCUT2D eigenvalue weighted by Crippen LogP contribution is -2.38. The number of primary amides is 1. The fourth-order valence-corrected chi connectivity index (χ4v) is 1.71. The lowest BCUT2D eigenvalue weighted by Gasteiger charge is -2.25. The Balaban J connectivity index is 2.93. The molecular formula is C13H18N2O3. The summed E-state index contributed by atoms with van der Waals surface area (Å²) in [6.07, 6.45) is 0. The van der Waals surface area contributed by atoms with Crippen molar-refractivity contribution in [1.29, 1.82) is 0 Å². The van der Waals surface area contributed by atoms with Gasteiger partial charge in [-0.2, -0.15) is 0 Å². The minimum atomic E-state index is -0.964. The molecule has 0 aromatic heterocycles. The van der Waals surface area contributed by atoms with Crippen LogP contribution in [0.15, 0.2) is 24.3 Å². The lowest BCUT2D eigenvalue weighted by molar-refractivity contribution is -0.119. The highest BCUT2D eigenvalue weighted by Gasteiger charge is 2.16. The highest BCUT2D eigenvalue weighted by molar-refractivity contribution is 5.89. The second kappa shape index (κ2) is 6.16. The smallest absolute Gasteiger partial charge is 0.336 e. The van der Waals surface area contributed by atoms with Gasteiger partial charge in [0.05, 0.1) is 12.1 Å². The zero-order chi connectivity index (χ0) is 13.7. The van der Waals surface area contributed by atoms with Gasteiger partial charge >= 0.3 is 5.97 Å². The first-order chi connectivity index (χ1) is 8.41. The number of aromatic carboxylic acids is 1. The maximum absolute atomic E-state index is 11.1. The second-order valence-corrected chi connectivity index (χ2v) is 4.43. The molecule has 3 N–H and O–H groups in total. The predicted molar refractivity (Wildman–Crippen MR) is 68.1 cm³/mol. The van der Waals surface area contributed by atoms with Crippen molar-refractivity contribution in [3.05, 3.63) is 35.4 Å². The molecule has 0 radical (unpaired) electrons. The molecule has 0 bridgehead atoms. The average Bonchev–Trinajstić information content (AvgIpc) is 2.27. The van der Waals surface area contributed by atoms with Gasteiger partial charge in [0, 0.05) is 12.6 Å². The summed E-state index contributed by atoms with van der Waals surface area (Å²) < 4.78 is 0. The summed E-state index contributed by atoms with van der Waals surface area (Å²) in [7, 11) is 0. The van der Waals surface area contributed by atoms with Gasteiger partial charge in [-0.3, -0.25) is 9.69 Å². The number of amides is 1. The molecule has 0 unspecified atom stereocenters. The fourth-order valence-electron chi connectivity index (χ4n) is 1.71. The standard InChI is InChI=1S/C13H18N2O3/c1-9(2)15(8-12(14)16)7-10-5-3-4-6-11(10)13(17)18/h3-6,9H,7-8H2,1-2H3,(H2,14,16)(H,17,18). The van der Waals surface area contributed by atoms with Crippen LogP contribution >= 0.6 is 0 Å². The molecule has 1 aromatic rings. The van der Waals surface area contributed by atoms with Crippen LogP contribution in [0.3, 0.4) is 0 Å². The zero-order valence-electron chi connectivity index (χ0n) is 10.6. The number of carboxylic acids is 1. The van der Waals surface area contributed by atoms with Crippen LogP contribution in [-0.4, -0.2) is 34.5 Å². The number of carbonyl (C=O) groups excluding carboxylic acids is 1. The first-order valence-corrected chi connectivity index (χ1v) is 5.75. The van der Waals surface area contributed by atoms with Gasteiger partial charge in [-0.25, -0.2) is 4.79 Å². The first-order valence-electron chi connectivity index (χ1n) is 5.75. The van der Waals surface area contributed by atoms with Crippen molar-refractivity contribution in [1.82, 2.24) is 4.90 Å². The third-order valence-electron chi connectivity index (χ3n) is 2.71. The van der Waals surface area contributed by atoms with E-state index in [0.717, 1.165) is 0 Å². The van der Waals surface area contributed by atoms with E-state index in [4.69, 9.17) is 10.8 Å². The molecule has 0 aliphatic heterocycles. The molecule has 0 aliphatic carbocycles. The van der Waals surface area contributed by atoms with Crippen molar-refractivity contribution in [3.8, 4) is 0 Å². The molecule has 1 amide bonds. The number of carbonyl (C=O) groups is 2. The summed E-state index contributed by atoms with van der Waals surface area (Å²) in [6.45, 7) is 4.38. The van der Waals surface area contributed by atoms with E-state index in [1.54, 1.807) is 24.3 Å². The van der Waals surface area contributed by atoms with E-state index in [1.807, 2.05) is 18.7 Å². The van der Waals surface area contributed by atoms with E-state index < -0.39 is 11.9 Å². The van der Waals surface area contributed by atoms with Crippen LogP contribution in [0.4, 0.5) is 0 Å². The largest absolute Gasteiger partial charge is 0.478 e. The summed E-state index contributed by atoms with van der Waals surface area (Å²) in [4.78, 5) is 23.9. The first kappa shape index (κ1) is 14.2. The Morgan fingerprint density at radius 1 is 1.33 bits per heavy atom. The number of rotatable bonds is 6. The fraction of sp³-hybridized carbons (Fsp3) is 0.385. The number of carboxylic acid groups (broad SMARTS) is 1. The Morgan fingerprint density at radius 2 is 1.94 bits per heavy atom. The van der Waals surface area contributed by atoms with Crippen LogP contribution in [0.5, 0.6) is 0 Å². The van der Waals surface area contributed by atoms with Gasteiger partial charge in [0.1, 0.15) is 0 Å². The summed E-state index contributed by atoms with van der Waals surface area (Å²) >= 11 is 0. The average molecular weight is 250 g/mol. The topological polar surface area (TPSA) is 83.6 Å². The molecule has 0 aliphatic rings. The van der Waals surface area contributed by atoms with Gasteiger partial charge < -0.3 is 10.8 Å². The molecule has 5 heteroatoms. The zero-order valence-corrected chi connectivity index (χ0v) is 10.6. The van der Waals surface area contributed by atoms with Crippen LogP contribution in [0.2, 0.25) is 0 Å². The third kappa shape index (κ3) is 3.85. The quantitative estimate of drug-likeness (QED) is 0.791. The van der Waals surface area contributed by atoms with Crippen LogP contribution in [-0.2, 0) is 11.3 Å². The highest BCUT2D eigenvalue weighted by Crippen LogP contribution is 2.13. The third-order valence-corrected chi connectivity index (χ3v) is 2.71. The van der Waals surface area contributed by atoms with Crippen molar-refractivity contribution in [2.75, 3.05) is 6.54 Å². The second-order valence-electron chi connectivity index (χ2n) is 4.43. The molecule has 0 heterocycles. The van der Waals surface area contributed by atoms with E-state index in [0.29, 0.717) is 12.1 Å². The number of nitrogens with zero attached hydrogens (tertiary/aromatic N) is 1. The summed E-state index contributed by atoms with van der Waals surface area (Å²) in [5.41, 5.74) is 6.12. The minimum absolute atomic E-state index is 0.111. The molecule has 0 saturated carbocycles. The van der Waals surface area contributed by atoms with Gasteiger partial charge in [0.25, 0.3) is 0 Å². The van der Waals surface area contributed by atoms with Crippen LogP contribution < -0.4 is 5.73 Å². The van der Waals surface area contributed by atoms with E-state index in [1.165, 1.54) is 0 Å². The van der Waals surface area contributed by atoms with Crippen molar-refractivity contribution in [2.24, 2.45) is 5.73 Å². The number of benzene rings is 1. The molecule has 0 atom stereocenters. The molecule has 1 aromatic carbocycles. The Labute approximate surface area is 106 Å². The van der Waals surface area contributed by atoms with E-state index in [9.17, 15) is 9.59 Å². The number of hydrogen-bond acceptors (Lipinski definition) is 3. The van der Waals surface area contributed by atoms with Crippen LogP contribution in [0, 0.1) is 0 Å². The maximum Gasteiger partial charge on any atom is 0.336 e. The van der Waals surface area contributed by atoms with Gasteiger partial charge in [0.2, 0.25) is 5.91 Å². The van der Waals surface area contributed by atoms with Gasteiger partial charge in [-0.1, -0.05) is 18.2 Å².